The molecule has 0 amide bonds. The number of hydrogen-bond acceptors (Lipinski definition) is 4. The predicted octanol–water partition coefficient (Wildman–Crippen LogP) is 2.61. The van der Waals surface area contributed by atoms with Crippen molar-refractivity contribution in [2.24, 2.45) is 11.8 Å². The quantitative estimate of drug-likeness (QED) is 0.928. The first-order valence-electron chi connectivity index (χ1n) is 8.79. The summed E-state index contributed by atoms with van der Waals surface area (Å²) in [5.41, 5.74) is 1.83. The van der Waals surface area contributed by atoms with E-state index in [-0.39, 0.29) is 5.82 Å². The maximum absolute atomic E-state index is 13.7. The zero-order valence-electron chi connectivity index (χ0n) is 14.2. The van der Waals surface area contributed by atoms with E-state index in [9.17, 15) is 14.3 Å². The van der Waals surface area contributed by atoms with E-state index in [1.165, 1.54) is 6.07 Å². The molecule has 0 spiro atoms. The van der Waals surface area contributed by atoms with Crippen LogP contribution >= 0.6 is 0 Å². The van der Waals surface area contributed by atoms with Crippen LogP contribution in [0.3, 0.4) is 0 Å². The Hall–Kier alpha value is -2.21. The molecule has 1 aromatic heterocycles. The molecule has 0 radical (unpaired) electrons. The summed E-state index contributed by atoms with van der Waals surface area (Å²) < 4.78 is 13.7. The van der Waals surface area contributed by atoms with Gasteiger partial charge in [-0.1, -0.05) is 0 Å². The highest BCUT2D eigenvalue weighted by atomic mass is 19.1. The van der Waals surface area contributed by atoms with Crippen molar-refractivity contribution < 1.29 is 14.3 Å². The molecule has 132 valence electrons. The molecule has 0 aliphatic carbocycles. The van der Waals surface area contributed by atoms with Gasteiger partial charge in [-0.3, -0.25) is 14.7 Å². The van der Waals surface area contributed by atoms with E-state index in [4.69, 9.17) is 0 Å². The molecule has 4 rings (SSSR count). The zero-order valence-corrected chi connectivity index (χ0v) is 14.2. The standard InChI is InChI=1S/C19H22FN3O2/c1-12(19(24)25)22-7-5-13-9-23(11-14(13)10-22)18-4-6-21-17-3-2-15(20)8-16(17)18/h2-4,6,8,12-14H,5,7,9-11H2,1H3,(H,24,25). The lowest BCUT2D eigenvalue weighted by Crippen LogP contribution is -2.47. The van der Waals surface area contributed by atoms with Crippen molar-refractivity contribution in [2.75, 3.05) is 31.1 Å². The number of fused-ring (bicyclic) bond motifs is 2. The highest BCUT2D eigenvalue weighted by molar-refractivity contribution is 5.91. The second-order valence-corrected chi connectivity index (χ2v) is 7.21. The fourth-order valence-electron chi connectivity index (χ4n) is 4.28. The maximum Gasteiger partial charge on any atom is 0.320 e. The van der Waals surface area contributed by atoms with Crippen LogP contribution in [-0.4, -0.2) is 53.2 Å². The molecular formula is C19H22FN3O2. The van der Waals surface area contributed by atoms with Crippen LogP contribution in [0.1, 0.15) is 13.3 Å². The third kappa shape index (κ3) is 2.95. The number of carboxylic acid groups (broad SMARTS) is 1. The van der Waals surface area contributed by atoms with Crippen molar-refractivity contribution in [2.45, 2.75) is 19.4 Å². The third-order valence-electron chi connectivity index (χ3n) is 5.76. The third-order valence-corrected chi connectivity index (χ3v) is 5.76. The van der Waals surface area contributed by atoms with Gasteiger partial charge in [0.15, 0.2) is 0 Å². The molecule has 2 fully saturated rings. The molecule has 25 heavy (non-hydrogen) atoms. The van der Waals surface area contributed by atoms with E-state index < -0.39 is 12.0 Å². The normalized spacial score (nSPS) is 25.1. The van der Waals surface area contributed by atoms with E-state index in [0.717, 1.165) is 49.2 Å². The van der Waals surface area contributed by atoms with E-state index >= 15 is 0 Å². The minimum atomic E-state index is -0.760. The molecule has 3 atom stereocenters. The number of carbonyl (C=O) groups is 1. The molecule has 3 unspecified atom stereocenters. The second-order valence-electron chi connectivity index (χ2n) is 7.21. The molecule has 2 aromatic rings. The summed E-state index contributed by atoms with van der Waals surface area (Å²) in [5.74, 6) is 0.00470. The molecular weight excluding hydrogens is 321 g/mol. The summed E-state index contributed by atoms with van der Waals surface area (Å²) in [6.07, 6.45) is 2.78. The molecule has 2 aliphatic heterocycles. The van der Waals surface area contributed by atoms with E-state index in [0.29, 0.717) is 11.8 Å². The van der Waals surface area contributed by atoms with Crippen molar-refractivity contribution in [1.82, 2.24) is 9.88 Å². The molecule has 0 bridgehead atoms. The Kier molecular flexibility index (Phi) is 4.07. The lowest BCUT2D eigenvalue weighted by molar-refractivity contribution is -0.143. The number of aliphatic carboxylic acids is 1. The van der Waals surface area contributed by atoms with Crippen LogP contribution in [-0.2, 0) is 4.79 Å². The lowest BCUT2D eigenvalue weighted by Gasteiger charge is -2.36. The number of nitrogens with zero attached hydrogens (tertiary/aromatic N) is 3. The van der Waals surface area contributed by atoms with Gasteiger partial charge < -0.3 is 10.0 Å². The lowest BCUT2D eigenvalue weighted by atomic mass is 9.88. The van der Waals surface area contributed by atoms with Gasteiger partial charge in [0.25, 0.3) is 0 Å². The highest BCUT2D eigenvalue weighted by Crippen LogP contribution is 2.37. The van der Waals surface area contributed by atoms with Gasteiger partial charge >= 0.3 is 5.97 Å². The highest BCUT2D eigenvalue weighted by Gasteiger charge is 2.39. The van der Waals surface area contributed by atoms with Crippen LogP contribution in [0.2, 0.25) is 0 Å². The topological polar surface area (TPSA) is 56.7 Å². The largest absolute Gasteiger partial charge is 0.480 e. The Bertz CT molecular complexity index is 812. The summed E-state index contributed by atoms with van der Waals surface area (Å²) in [6, 6.07) is 6.22. The fraction of sp³-hybridized carbons (Fsp3) is 0.474. The van der Waals surface area contributed by atoms with Gasteiger partial charge in [-0.25, -0.2) is 4.39 Å². The van der Waals surface area contributed by atoms with Gasteiger partial charge in [0.2, 0.25) is 0 Å². The van der Waals surface area contributed by atoms with Gasteiger partial charge in [-0.05, 0) is 56.0 Å². The first-order valence-corrected chi connectivity index (χ1v) is 8.79. The number of likely N-dealkylation sites (tertiary alicyclic amines) is 1. The second kappa shape index (κ2) is 6.26. The number of aromatic nitrogens is 1. The Morgan fingerprint density at radius 3 is 2.88 bits per heavy atom. The number of piperidine rings is 1. The summed E-state index contributed by atoms with van der Waals surface area (Å²) in [6.45, 7) is 5.22. The van der Waals surface area contributed by atoms with Crippen LogP contribution < -0.4 is 4.90 Å². The number of halogens is 1. The maximum atomic E-state index is 13.7. The van der Waals surface area contributed by atoms with Crippen LogP contribution in [0.5, 0.6) is 0 Å². The number of anilines is 1. The van der Waals surface area contributed by atoms with Crippen LogP contribution in [0.4, 0.5) is 10.1 Å². The first-order chi connectivity index (χ1) is 12.0. The minimum absolute atomic E-state index is 0.250. The number of pyridine rings is 1. The van der Waals surface area contributed by atoms with E-state index in [1.807, 2.05) is 6.07 Å². The van der Waals surface area contributed by atoms with Gasteiger partial charge in [-0.2, -0.15) is 0 Å². The average Bonchev–Trinajstić information content (AvgIpc) is 3.03. The van der Waals surface area contributed by atoms with Crippen molar-refractivity contribution in [3.8, 4) is 0 Å². The molecule has 3 heterocycles. The summed E-state index contributed by atoms with van der Waals surface area (Å²) in [7, 11) is 0. The monoisotopic (exact) mass is 343 g/mol. The van der Waals surface area contributed by atoms with Gasteiger partial charge in [0, 0.05) is 36.9 Å². The van der Waals surface area contributed by atoms with Crippen LogP contribution in [0.25, 0.3) is 10.9 Å². The number of carboxylic acids is 1. The Morgan fingerprint density at radius 2 is 2.08 bits per heavy atom. The zero-order chi connectivity index (χ0) is 17.6. The van der Waals surface area contributed by atoms with Crippen LogP contribution in [0, 0.1) is 17.7 Å². The molecule has 1 N–H and O–H groups in total. The van der Waals surface area contributed by atoms with Gasteiger partial charge in [0.1, 0.15) is 11.9 Å². The number of benzene rings is 1. The fourth-order valence-corrected chi connectivity index (χ4v) is 4.28. The Balaban J connectivity index is 1.57. The molecule has 1 aromatic carbocycles. The molecule has 0 saturated carbocycles. The Morgan fingerprint density at radius 1 is 1.28 bits per heavy atom. The Labute approximate surface area is 146 Å². The summed E-state index contributed by atoms with van der Waals surface area (Å²) in [4.78, 5) is 20.0. The van der Waals surface area contributed by atoms with E-state index in [2.05, 4.69) is 14.8 Å². The van der Waals surface area contributed by atoms with Crippen molar-refractivity contribution >= 4 is 22.6 Å². The molecule has 5 nitrogen and oxygen atoms in total. The minimum Gasteiger partial charge on any atom is -0.480 e. The first kappa shape index (κ1) is 16.3. The van der Waals surface area contributed by atoms with Crippen molar-refractivity contribution in [3.63, 3.8) is 0 Å². The number of rotatable bonds is 3. The van der Waals surface area contributed by atoms with E-state index in [1.54, 1.807) is 25.3 Å². The molecule has 6 heteroatoms. The van der Waals surface area contributed by atoms with Gasteiger partial charge in [0.05, 0.1) is 5.52 Å². The van der Waals surface area contributed by atoms with Crippen molar-refractivity contribution in [1.29, 1.82) is 0 Å². The predicted molar refractivity (Wildman–Crippen MR) is 94.2 cm³/mol. The summed E-state index contributed by atoms with van der Waals surface area (Å²) >= 11 is 0. The summed E-state index contributed by atoms with van der Waals surface area (Å²) in [5, 5.41) is 10.1. The van der Waals surface area contributed by atoms with Gasteiger partial charge in [-0.15, -0.1) is 0 Å². The smallest absolute Gasteiger partial charge is 0.320 e. The van der Waals surface area contributed by atoms with Crippen LogP contribution in [0.15, 0.2) is 30.5 Å². The SMILES string of the molecule is CC(C(=O)O)N1CCC2CN(c3ccnc4ccc(F)cc34)CC2C1. The van der Waals surface area contributed by atoms with Crippen molar-refractivity contribution in [3.05, 3.63) is 36.3 Å². The molecule has 2 saturated heterocycles. The molecule has 2 aliphatic rings. The number of hydrogen-bond donors (Lipinski definition) is 1. The average molecular weight is 343 g/mol.